The van der Waals surface area contributed by atoms with Crippen molar-refractivity contribution in [2.75, 3.05) is 13.2 Å². The summed E-state index contributed by atoms with van der Waals surface area (Å²) in [6.45, 7) is 5.12. The van der Waals surface area contributed by atoms with Gasteiger partial charge in [-0.2, -0.15) is 0 Å². The Morgan fingerprint density at radius 3 is 2.04 bits per heavy atom. The third-order valence-electron chi connectivity index (χ3n) is 3.48. The van der Waals surface area contributed by atoms with Gasteiger partial charge in [0.25, 0.3) is 0 Å². The van der Waals surface area contributed by atoms with Crippen LogP contribution in [-0.4, -0.2) is 13.2 Å². The molecule has 0 unspecified atom stereocenters. The molecule has 0 aliphatic carbocycles. The summed E-state index contributed by atoms with van der Waals surface area (Å²) in [7, 11) is 0. The third kappa shape index (κ3) is 3.24. The van der Waals surface area contributed by atoms with Crippen LogP contribution in [0.25, 0.3) is 10.8 Å². The van der Waals surface area contributed by atoms with Crippen molar-refractivity contribution in [3.05, 3.63) is 60.7 Å². The molecule has 118 valence electrons. The van der Waals surface area contributed by atoms with E-state index in [0.29, 0.717) is 19.0 Å². The van der Waals surface area contributed by atoms with E-state index in [1.807, 2.05) is 74.5 Å². The Balaban J connectivity index is 2.16. The monoisotopic (exact) mass is 308 g/mol. The molecule has 0 saturated heterocycles. The van der Waals surface area contributed by atoms with Crippen molar-refractivity contribution in [3.63, 3.8) is 0 Å². The van der Waals surface area contributed by atoms with Crippen molar-refractivity contribution in [1.29, 1.82) is 0 Å². The molecular formula is C20H20O3. The number of ether oxygens (including phenoxy) is 3. The van der Waals surface area contributed by atoms with Crippen LogP contribution in [0.3, 0.4) is 0 Å². The van der Waals surface area contributed by atoms with Gasteiger partial charge < -0.3 is 14.2 Å². The van der Waals surface area contributed by atoms with Crippen molar-refractivity contribution < 1.29 is 14.2 Å². The first-order valence-corrected chi connectivity index (χ1v) is 7.87. The minimum Gasteiger partial charge on any atom is -0.493 e. The van der Waals surface area contributed by atoms with E-state index in [2.05, 4.69) is 0 Å². The summed E-state index contributed by atoms with van der Waals surface area (Å²) in [6, 6.07) is 19.7. The minimum absolute atomic E-state index is 0.573. The minimum atomic E-state index is 0.573. The van der Waals surface area contributed by atoms with Crippen molar-refractivity contribution in [3.8, 4) is 23.0 Å². The first kappa shape index (κ1) is 15.2. The Morgan fingerprint density at radius 2 is 1.35 bits per heavy atom. The maximum atomic E-state index is 6.05. The first-order valence-electron chi connectivity index (χ1n) is 7.87. The Bertz CT molecular complexity index is 781. The summed E-state index contributed by atoms with van der Waals surface area (Å²) < 4.78 is 17.7. The molecule has 0 aliphatic heterocycles. The number of hydrogen-bond acceptors (Lipinski definition) is 3. The molecule has 3 nitrogen and oxygen atoms in total. The number of para-hydroxylation sites is 1. The Morgan fingerprint density at radius 1 is 0.696 bits per heavy atom. The molecule has 0 fully saturated rings. The smallest absolute Gasteiger partial charge is 0.173 e. The summed E-state index contributed by atoms with van der Waals surface area (Å²) >= 11 is 0. The van der Waals surface area contributed by atoms with E-state index in [0.717, 1.165) is 28.0 Å². The molecule has 0 N–H and O–H groups in total. The summed E-state index contributed by atoms with van der Waals surface area (Å²) in [5.41, 5.74) is 0. The molecule has 3 rings (SSSR count). The van der Waals surface area contributed by atoms with Gasteiger partial charge >= 0.3 is 0 Å². The maximum Gasteiger partial charge on any atom is 0.173 e. The van der Waals surface area contributed by atoms with Crippen LogP contribution in [0.1, 0.15) is 13.8 Å². The molecule has 0 radical (unpaired) electrons. The largest absolute Gasteiger partial charge is 0.493 e. The standard InChI is InChI=1S/C20H20O3/c1-3-21-18-14-19(23-15-10-6-5-7-11-15)20(22-4-2)17-13-9-8-12-16(17)18/h5-14H,3-4H2,1-2H3. The zero-order valence-corrected chi connectivity index (χ0v) is 13.4. The molecule has 3 aromatic carbocycles. The normalized spacial score (nSPS) is 10.5. The first-order chi connectivity index (χ1) is 11.3. The van der Waals surface area contributed by atoms with Gasteiger partial charge in [0.15, 0.2) is 11.5 Å². The lowest BCUT2D eigenvalue weighted by Gasteiger charge is -2.17. The topological polar surface area (TPSA) is 27.7 Å². The molecule has 0 saturated carbocycles. The van der Waals surface area contributed by atoms with Crippen LogP contribution in [-0.2, 0) is 0 Å². The van der Waals surface area contributed by atoms with Crippen molar-refractivity contribution >= 4 is 10.8 Å². The van der Waals surface area contributed by atoms with Gasteiger partial charge in [-0.25, -0.2) is 0 Å². The Hall–Kier alpha value is -2.68. The Labute approximate surface area is 136 Å². The lowest BCUT2D eigenvalue weighted by Crippen LogP contribution is -1.99. The van der Waals surface area contributed by atoms with E-state index in [1.54, 1.807) is 0 Å². The lowest BCUT2D eigenvalue weighted by molar-refractivity contribution is 0.319. The van der Waals surface area contributed by atoms with Crippen LogP contribution >= 0.6 is 0 Å². The number of fused-ring (bicyclic) bond motifs is 1. The number of benzene rings is 3. The molecule has 3 aromatic rings. The highest BCUT2D eigenvalue weighted by Gasteiger charge is 2.15. The van der Waals surface area contributed by atoms with Gasteiger partial charge in [0, 0.05) is 16.8 Å². The summed E-state index contributed by atoms with van der Waals surface area (Å²) in [6.07, 6.45) is 0. The van der Waals surface area contributed by atoms with E-state index in [9.17, 15) is 0 Å². The molecule has 0 amide bonds. The van der Waals surface area contributed by atoms with Gasteiger partial charge in [-0.3, -0.25) is 0 Å². The molecule has 0 heterocycles. The molecule has 0 aliphatic rings. The average Bonchev–Trinajstić information content (AvgIpc) is 2.59. The molecule has 23 heavy (non-hydrogen) atoms. The van der Waals surface area contributed by atoms with E-state index in [-0.39, 0.29) is 0 Å². The molecular weight excluding hydrogens is 288 g/mol. The second-order valence-corrected chi connectivity index (χ2v) is 5.03. The average molecular weight is 308 g/mol. The van der Waals surface area contributed by atoms with Crippen molar-refractivity contribution in [2.24, 2.45) is 0 Å². The Kier molecular flexibility index (Phi) is 4.67. The fourth-order valence-electron chi connectivity index (χ4n) is 2.55. The lowest BCUT2D eigenvalue weighted by atomic mass is 10.1. The number of hydrogen-bond donors (Lipinski definition) is 0. The van der Waals surface area contributed by atoms with Crippen LogP contribution in [0.15, 0.2) is 60.7 Å². The van der Waals surface area contributed by atoms with E-state index < -0.39 is 0 Å². The van der Waals surface area contributed by atoms with E-state index in [4.69, 9.17) is 14.2 Å². The van der Waals surface area contributed by atoms with Crippen LogP contribution in [0, 0.1) is 0 Å². The van der Waals surface area contributed by atoms with Crippen LogP contribution in [0.4, 0.5) is 0 Å². The fourth-order valence-corrected chi connectivity index (χ4v) is 2.55. The maximum absolute atomic E-state index is 6.05. The highest BCUT2D eigenvalue weighted by Crippen LogP contribution is 2.43. The zero-order chi connectivity index (χ0) is 16.1. The second-order valence-electron chi connectivity index (χ2n) is 5.03. The highest BCUT2D eigenvalue weighted by molar-refractivity contribution is 5.95. The summed E-state index contributed by atoms with van der Waals surface area (Å²) in [4.78, 5) is 0. The fraction of sp³-hybridized carbons (Fsp3) is 0.200. The molecule has 0 spiro atoms. The summed E-state index contributed by atoms with van der Waals surface area (Å²) in [5.74, 6) is 2.99. The van der Waals surface area contributed by atoms with Crippen molar-refractivity contribution in [1.82, 2.24) is 0 Å². The predicted octanol–water partition coefficient (Wildman–Crippen LogP) is 5.43. The second kappa shape index (κ2) is 7.05. The predicted molar refractivity (Wildman–Crippen MR) is 92.8 cm³/mol. The van der Waals surface area contributed by atoms with Gasteiger partial charge in [0.2, 0.25) is 0 Å². The van der Waals surface area contributed by atoms with Crippen LogP contribution in [0.2, 0.25) is 0 Å². The highest BCUT2D eigenvalue weighted by atomic mass is 16.5. The SMILES string of the molecule is CCOc1cc(Oc2ccccc2)c(OCC)c2ccccc12. The van der Waals surface area contributed by atoms with Crippen LogP contribution < -0.4 is 14.2 Å². The summed E-state index contributed by atoms with van der Waals surface area (Å²) in [5, 5.41) is 2.02. The molecule has 0 atom stereocenters. The van der Waals surface area contributed by atoms with Crippen LogP contribution in [0.5, 0.6) is 23.0 Å². The molecule has 3 heteroatoms. The van der Waals surface area contributed by atoms with Gasteiger partial charge in [-0.05, 0) is 26.0 Å². The van der Waals surface area contributed by atoms with Gasteiger partial charge in [-0.15, -0.1) is 0 Å². The molecule has 0 bridgehead atoms. The van der Waals surface area contributed by atoms with Gasteiger partial charge in [0.05, 0.1) is 13.2 Å². The van der Waals surface area contributed by atoms with Crippen molar-refractivity contribution in [2.45, 2.75) is 13.8 Å². The van der Waals surface area contributed by atoms with Gasteiger partial charge in [-0.1, -0.05) is 42.5 Å². The zero-order valence-electron chi connectivity index (χ0n) is 13.4. The van der Waals surface area contributed by atoms with E-state index >= 15 is 0 Å². The third-order valence-corrected chi connectivity index (χ3v) is 3.48. The molecule has 0 aromatic heterocycles. The van der Waals surface area contributed by atoms with E-state index in [1.165, 1.54) is 0 Å². The number of rotatable bonds is 6. The quantitative estimate of drug-likeness (QED) is 0.607. The van der Waals surface area contributed by atoms with Gasteiger partial charge in [0.1, 0.15) is 11.5 Å².